The van der Waals surface area contributed by atoms with E-state index in [1.54, 1.807) is 6.07 Å². The highest BCUT2D eigenvalue weighted by molar-refractivity contribution is 5.90. The van der Waals surface area contributed by atoms with Gasteiger partial charge in [0.2, 0.25) is 0 Å². The number of nitro benzene ring substituents is 1. The Morgan fingerprint density at radius 2 is 1.81 bits per heavy atom. The molecule has 0 radical (unpaired) electrons. The molecule has 7 heteroatoms. The number of amides is 1. The summed E-state index contributed by atoms with van der Waals surface area (Å²) in [6.07, 6.45) is 2.33. The Morgan fingerprint density at radius 1 is 1.15 bits per heavy atom. The van der Waals surface area contributed by atoms with Gasteiger partial charge in [-0.05, 0) is 24.6 Å². The van der Waals surface area contributed by atoms with Crippen LogP contribution in [0, 0.1) is 10.1 Å². The summed E-state index contributed by atoms with van der Waals surface area (Å²) in [5.74, 6) is -1.19. The number of nitrogens with zero attached hydrogens (tertiary/aromatic N) is 1. The monoisotopic (exact) mass is 354 g/mol. The van der Waals surface area contributed by atoms with Crippen LogP contribution in [0.25, 0.3) is 6.08 Å². The Labute approximate surface area is 150 Å². The molecule has 0 unspecified atom stereocenters. The van der Waals surface area contributed by atoms with Gasteiger partial charge in [0, 0.05) is 12.1 Å². The number of benzene rings is 2. The maximum Gasteiger partial charge on any atom is 0.331 e. The number of nitrogens with one attached hydrogen (secondary N) is 1. The first-order valence-corrected chi connectivity index (χ1v) is 7.90. The molecule has 0 aliphatic carbocycles. The van der Waals surface area contributed by atoms with Crippen LogP contribution >= 0.6 is 0 Å². The van der Waals surface area contributed by atoms with E-state index in [9.17, 15) is 19.7 Å². The van der Waals surface area contributed by atoms with Crippen molar-refractivity contribution >= 4 is 23.6 Å². The van der Waals surface area contributed by atoms with Gasteiger partial charge in [0.05, 0.1) is 16.5 Å². The normalized spacial score (nSPS) is 11.7. The summed E-state index contributed by atoms with van der Waals surface area (Å²) in [5.41, 5.74) is 1.09. The Balaban J connectivity index is 1.85. The third-order valence-corrected chi connectivity index (χ3v) is 3.56. The molecule has 0 aromatic heterocycles. The van der Waals surface area contributed by atoms with Gasteiger partial charge >= 0.3 is 5.97 Å². The highest BCUT2D eigenvalue weighted by Crippen LogP contribution is 2.18. The van der Waals surface area contributed by atoms with Crippen molar-refractivity contribution in [2.45, 2.75) is 13.0 Å². The van der Waals surface area contributed by atoms with Gasteiger partial charge in [-0.25, -0.2) is 4.79 Å². The molecule has 0 fully saturated rings. The number of rotatable bonds is 7. The lowest BCUT2D eigenvalue weighted by molar-refractivity contribution is -0.385. The molecule has 7 nitrogen and oxygen atoms in total. The first-order valence-electron chi connectivity index (χ1n) is 7.90. The summed E-state index contributed by atoms with van der Waals surface area (Å²) in [5, 5.41) is 13.6. The quantitative estimate of drug-likeness (QED) is 0.357. The van der Waals surface area contributed by atoms with Gasteiger partial charge in [-0.15, -0.1) is 0 Å². The molecule has 0 saturated carbocycles. The van der Waals surface area contributed by atoms with Crippen molar-refractivity contribution in [2.24, 2.45) is 0 Å². The van der Waals surface area contributed by atoms with Crippen molar-refractivity contribution in [1.82, 2.24) is 5.32 Å². The van der Waals surface area contributed by atoms with Crippen LogP contribution in [0.15, 0.2) is 60.7 Å². The Bertz CT molecular complexity index is 818. The van der Waals surface area contributed by atoms with Crippen LogP contribution in [0.1, 0.15) is 24.1 Å². The number of carbonyl (C=O) groups is 2. The molecule has 2 aromatic rings. The van der Waals surface area contributed by atoms with E-state index in [4.69, 9.17) is 4.74 Å². The van der Waals surface area contributed by atoms with Gasteiger partial charge in [-0.1, -0.05) is 42.5 Å². The van der Waals surface area contributed by atoms with Crippen LogP contribution in [-0.4, -0.2) is 23.4 Å². The Morgan fingerprint density at radius 3 is 2.50 bits per heavy atom. The Kier molecular flexibility index (Phi) is 6.61. The number of hydrogen-bond acceptors (Lipinski definition) is 5. The third-order valence-electron chi connectivity index (χ3n) is 3.56. The van der Waals surface area contributed by atoms with Gasteiger partial charge in [-0.2, -0.15) is 0 Å². The van der Waals surface area contributed by atoms with Gasteiger partial charge in [-0.3, -0.25) is 14.9 Å². The SMILES string of the molecule is C[C@@H](NC(=O)COC(=O)/C=C/c1ccccc1[N+](=O)[O-])c1ccccc1. The topological polar surface area (TPSA) is 98.5 Å². The number of nitro groups is 1. The number of ether oxygens (including phenoxy) is 1. The molecule has 0 aliphatic rings. The summed E-state index contributed by atoms with van der Waals surface area (Å²) < 4.78 is 4.86. The van der Waals surface area contributed by atoms with E-state index in [0.717, 1.165) is 11.6 Å². The second kappa shape index (κ2) is 9.12. The minimum absolute atomic E-state index is 0.119. The van der Waals surface area contributed by atoms with Crippen molar-refractivity contribution < 1.29 is 19.2 Å². The number of hydrogen-bond donors (Lipinski definition) is 1. The summed E-state index contributed by atoms with van der Waals surface area (Å²) >= 11 is 0. The average Bonchev–Trinajstić information content (AvgIpc) is 2.65. The largest absolute Gasteiger partial charge is 0.452 e. The molecule has 0 spiro atoms. The van der Waals surface area contributed by atoms with Crippen LogP contribution < -0.4 is 5.32 Å². The van der Waals surface area contributed by atoms with Crippen molar-refractivity contribution in [3.05, 3.63) is 81.9 Å². The van der Waals surface area contributed by atoms with E-state index >= 15 is 0 Å². The van der Waals surface area contributed by atoms with Gasteiger partial charge in [0.15, 0.2) is 6.61 Å². The predicted octanol–water partition coefficient (Wildman–Crippen LogP) is 3.03. The van der Waals surface area contributed by atoms with E-state index < -0.39 is 23.4 Å². The summed E-state index contributed by atoms with van der Waals surface area (Å²) in [6, 6.07) is 15.2. The third kappa shape index (κ3) is 5.55. The van der Waals surface area contributed by atoms with E-state index in [1.807, 2.05) is 37.3 Å². The van der Waals surface area contributed by atoms with E-state index in [0.29, 0.717) is 0 Å². The van der Waals surface area contributed by atoms with Crippen molar-refractivity contribution in [1.29, 1.82) is 0 Å². The molecule has 0 saturated heterocycles. The maximum absolute atomic E-state index is 11.8. The van der Waals surface area contributed by atoms with Gasteiger partial charge < -0.3 is 10.1 Å². The fourth-order valence-corrected chi connectivity index (χ4v) is 2.25. The number of carbonyl (C=O) groups excluding carboxylic acids is 2. The lowest BCUT2D eigenvalue weighted by Gasteiger charge is -2.13. The molecule has 2 aromatic carbocycles. The highest BCUT2D eigenvalue weighted by atomic mass is 16.6. The maximum atomic E-state index is 11.8. The van der Waals surface area contributed by atoms with Crippen molar-refractivity contribution in [2.75, 3.05) is 6.61 Å². The molecule has 2 rings (SSSR count). The Hall–Kier alpha value is -3.48. The predicted molar refractivity (Wildman–Crippen MR) is 96.1 cm³/mol. The average molecular weight is 354 g/mol. The van der Waals surface area contributed by atoms with Crippen LogP contribution in [-0.2, 0) is 14.3 Å². The zero-order chi connectivity index (χ0) is 18.9. The summed E-state index contributed by atoms with van der Waals surface area (Å²) in [7, 11) is 0. The molecule has 26 heavy (non-hydrogen) atoms. The van der Waals surface area contributed by atoms with Crippen molar-refractivity contribution in [3.8, 4) is 0 Å². The smallest absolute Gasteiger partial charge is 0.331 e. The molecule has 0 heterocycles. The zero-order valence-corrected chi connectivity index (χ0v) is 14.1. The van der Waals surface area contributed by atoms with E-state index in [2.05, 4.69) is 5.32 Å². The van der Waals surface area contributed by atoms with Crippen molar-refractivity contribution in [3.63, 3.8) is 0 Å². The zero-order valence-electron chi connectivity index (χ0n) is 14.1. The molecular formula is C19H18N2O5. The summed E-state index contributed by atoms with van der Waals surface area (Å²) in [6.45, 7) is 1.39. The van der Waals surface area contributed by atoms with Crippen LogP contribution in [0.3, 0.4) is 0 Å². The molecule has 134 valence electrons. The fraction of sp³-hybridized carbons (Fsp3) is 0.158. The second-order valence-electron chi connectivity index (χ2n) is 5.46. The summed E-state index contributed by atoms with van der Waals surface area (Å²) in [4.78, 5) is 33.9. The molecule has 0 bridgehead atoms. The van der Waals surface area contributed by atoms with E-state index in [1.165, 1.54) is 24.3 Å². The second-order valence-corrected chi connectivity index (χ2v) is 5.46. The number of esters is 1. The van der Waals surface area contributed by atoms with E-state index in [-0.39, 0.29) is 17.3 Å². The molecule has 1 N–H and O–H groups in total. The standard InChI is InChI=1S/C19H18N2O5/c1-14(15-7-3-2-4-8-15)20-18(22)13-26-19(23)12-11-16-9-5-6-10-17(16)21(24)25/h2-12,14H,13H2,1H3,(H,20,22)/b12-11+/t14-/m1/s1. The van der Waals surface area contributed by atoms with Crippen LogP contribution in [0.5, 0.6) is 0 Å². The molecule has 0 aliphatic heterocycles. The van der Waals surface area contributed by atoms with Crippen LogP contribution in [0.2, 0.25) is 0 Å². The van der Waals surface area contributed by atoms with Gasteiger partial charge in [0.1, 0.15) is 0 Å². The lowest BCUT2D eigenvalue weighted by Crippen LogP contribution is -2.30. The van der Waals surface area contributed by atoms with Gasteiger partial charge in [0.25, 0.3) is 11.6 Å². The minimum atomic E-state index is -0.759. The first-order chi connectivity index (χ1) is 12.5. The molecular weight excluding hydrogens is 336 g/mol. The fourth-order valence-electron chi connectivity index (χ4n) is 2.25. The molecule has 1 atom stereocenters. The number of para-hydroxylation sites is 1. The minimum Gasteiger partial charge on any atom is -0.452 e. The first kappa shape index (κ1) is 18.9. The highest BCUT2D eigenvalue weighted by Gasteiger charge is 2.12. The molecule has 1 amide bonds. The van der Waals surface area contributed by atoms with Crippen LogP contribution in [0.4, 0.5) is 5.69 Å². The lowest BCUT2D eigenvalue weighted by atomic mass is 10.1.